The Kier molecular flexibility index (Phi) is 5.00. The number of amides is 2. The second-order valence-corrected chi connectivity index (χ2v) is 9.90. The van der Waals surface area contributed by atoms with Crippen LogP contribution in [-0.2, 0) is 13.0 Å². The van der Waals surface area contributed by atoms with Crippen LogP contribution >= 0.6 is 11.3 Å². The normalized spacial score (nSPS) is 13.2. The highest BCUT2D eigenvalue weighted by molar-refractivity contribution is 7.18. The van der Waals surface area contributed by atoms with Gasteiger partial charge in [0.1, 0.15) is 0 Å². The number of carbonyl (C=O) groups is 2. The maximum absolute atomic E-state index is 13.2. The molecule has 1 aliphatic heterocycles. The van der Waals surface area contributed by atoms with E-state index in [1.54, 1.807) is 35.6 Å². The molecule has 0 radical (unpaired) electrons. The summed E-state index contributed by atoms with van der Waals surface area (Å²) in [6.45, 7) is 3.03. The highest BCUT2D eigenvalue weighted by Gasteiger charge is 2.23. The van der Waals surface area contributed by atoms with Crippen molar-refractivity contribution in [2.45, 2.75) is 19.9 Å². The number of aryl methyl sites for hydroxylation is 1. The number of aromatic amines is 2. The van der Waals surface area contributed by atoms with Crippen LogP contribution in [-0.4, -0.2) is 38.4 Å². The first-order valence-electron chi connectivity index (χ1n) is 11.2. The summed E-state index contributed by atoms with van der Waals surface area (Å²) < 4.78 is 1.07. The summed E-state index contributed by atoms with van der Waals surface area (Å²) >= 11 is 1.61. The van der Waals surface area contributed by atoms with Crippen molar-refractivity contribution in [2.24, 2.45) is 0 Å². The van der Waals surface area contributed by atoms with Gasteiger partial charge in [-0.3, -0.25) is 24.6 Å². The van der Waals surface area contributed by atoms with E-state index in [2.05, 4.69) is 20.5 Å². The molecule has 0 bridgehead atoms. The lowest BCUT2D eigenvalue weighted by molar-refractivity contribution is 0.0735. The molecule has 3 N–H and O–H groups in total. The topological polar surface area (TPSA) is 111 Å². The number of rotatable bonds is 3. The van der Waals surface area contributed by atoms with Crippen molar-refractivity contribution in [3.05, 3.63) is 92.2 Å². The molecule has 0 saturated carbocycles. The predicted molar refractivity (Wildman–Crippen MR) is 136 cm³/mol. The Morgan fingerprint density at radius 3 is 2.74 bits per heavy atom. The fourth-order valence-electron chi connectivity index (χ4n) is 4.55. The zero-order valence-corrected chi connectivity index (χ0v) is 19.7. The van der Waals surface area contributed by atoms with Crippen molar-refractivity contribution < 1.29 is 9.59 Å². The zero-order chi connectivity index (χ0) is 24.1. The van der Waals surface area contributed by atoms with Crippen molar-refractivity contribution >= 4 is 50.0 Å². The molecule has 0 aliphatic carbocycles. The van der Waals surface area contributed by atoms with Crippen LogP contribution in [0.1, 0.15) is 36.9 Å². The molecule has 35 heavy (non-hydrogen) atoms. The number of aromatic nitrogens is 3. The van der Waals surface area contributed by atoms with E-state index < -0.39 is 0 Å². The third-order valence-corrected chi connectivity index (χ3v) is 7.29. The standard InChI is InChI=1S/C26H21N5O3S/c1-14-27-22-11-17(4-7-23(22)35-14)26(34)31-9-8-15-2-3-16(10-18(15)13-31)24(32)28-19-5-6-20-21(12-19)29-30-25(20)33/h2-7,10-12H,8-9,13H2,1H3,(H,28,32)(H2,29,30,33). The number of hydrogen-bond donors (Lipinski definition) is 3. The molecule has 0 saturated heterocycles. The van der Waals surface area contributed by atoms with Gasteiger partial charge in [0, 0.05) is 29.9 Å². The molecule has 174 valence electrons. The number of anilines is 1. The van der Waals surface area contributed by atoms with Gasteiger partial charge in [-0.15, -0.1) is 11.3 Å². The number of H-pyrrole nitrogens is 2. The molecule has 6 rings (SSSR count). The van der Waals surface area contributed by atoms with Gasteiger partial charge in [0.15, 0.2) is 0 Å². The highest BCUT2D eigenvalue weighted by atomic mass is 32.1. The van der Waals surface area contributed by atoms with Crippen molar-refractivity contribution in [1.29, 1.82) is 0 Å². The van der Waals surface area contributed by atoms with Gasteiger partial charge < -0.3 is 10.2 Å². The summed E-state index contributed by atoms with van der Waals surface area (Å²) in [4.78, 5) is 44.2. The third kappa shape index (κ3) is 3.89. The van der Waals surface area contributed by atoms with Crippen LogP contribution in [0.15, 0.2) is 59.4 Å². The Labute approximate surface area is 203 Å². The smallest absolute Gasteiger partial charge is 0.271 e. The fraction of sp³-hybridized carbons (Fsp3) is 0.154. The summed E-state index contributed by atoms with van der Waals surface area (Å²) in [6.07, 6.45) is 0.735. The molecular formula is C26H21N5O3S. The molecule has 0 unspecified atom stereocenters. The SMILES string of the molecule is Cc1nc2cc(C(=O)N3CCc4ccc(C(=O)Nc5ccc6c(=O)[nH][nH]c6c5)cc4C3)ccc2s1. The maximum atomic E-state index is 13.2. The van der Waals surface area contributed by atoms with E-state index in [-0.39, 0.29) is 17.4 Å². The molecule has 3 heterocycles. The minimum Gasteiger partial charge on any atom is -0.334 e. The maximum Gasteiger partial charge on any atom is 0.271 e. The molecule has 2 amide bonds. The summed E-state index contributed by atoms with van der Waals surface area (Å²) in [6, 6.07) is 16.4. The largest absolute Gasteiger partial charge is 0.334 e. The Balaban J connectivity index is 1.21. The van der Waals surface area contributed by atoms with Crippen molar-refractivity contribution in [1.82, 2.24) is 20.1 Å². The van der Waals surface area contributed by atoms with Crippen molar-refractivity contribution in [3.8, 4) is 0 Å². The molecule has 0 fully saturated rings. The Hall–Kier alpha value is -4.24. The molecule has 8 nitrogen and oxygen atoms in total. The van der Waals surface area contributed by atoms with Gasteiger partial charge in [-0.05, 0) is 73.0 Å². The Morgan fingerprint density at radius 2 is 1.86 bits per heavy atom. The van der Waals surface area contributed by atoms with Gasteiger partial charge in [0.25, 0.3) is 17.4 Å². The summed E-state index contributed by atoms with van der Waals surface area (Å²) in [7, 11) is 0. The van der Waals surface area contributed by atoms with Crippen molar-refractivity contribution in [3.63, 3.8) is 0 Å². The van der Waals surface area contributed by atoms with E-state index in [9.17, 15) is 14.4 Å². The average molecular weight is 484 g/mol. The molecule has 3 aromatic carbocycles. The van der Waals surface area contributed by atoms with E-state index in [1.165, 1.54) is 0 Å². The van der Waals surface area contributed by atoms with E-state index in [1.807, 2.05) is 42.2 Å². The first-order chi connectivity index (χ1) is 16.9. The molecule has 5 aromatic rings. The Morgan fingerprint density at radius 1 is 1.00 bits per heavy atom. The van der Waals surface area contributed by atoms with Gasteiger partial charge in [-0.25, -0.2) is 4.98 Å². The quantitative estimate of drug-likeness (QED) is 0.357. The predicted octanol–water partition coefficient (Wildman–Crippen LogP) is 4.23. The molecule has 1 aliphatic rings. The second kappa shape index (κ2) is 8.21. The number of benzene rings is 3. The number of fused-ring (bicyclic) bond motifs is 3. The van der Waals surface area contributed by atoms with E-state index in [4.69, 9.17) is 0 Å². The number of carbonyl (C=O) groups excluding carboxylic acids is 2. The zero-order valence-electron chi connectivity index (χ0n) is 18.8. The van der Waals surface area contributed by atoms with Crippen LogP contribution in [0.3, 0.4) is 0 Å². The van der Waals surface area contributed by atoms with Gasteiger partial charge in [-0.2, -0.15) is 0 Å². The molecule has 2 aromatic heterocycles. The van der Waals surface area contributed by atoms with Gasteiger partial charge >= 0.3 is 0 Å². The Bertz CT molecular complexity index is 1700. The number of nitrogens with zero attached hydrogens (tertiary/aromatic N) is 2. The monoisotopic (exact) mass is 483 g/mol. The van der Waals surface area contributed by atoms with E-state index in [0.717, 1.165) is 32.8 Å². The summed E-state index contributed by atoms with van der Waals surface area (Å²) in [5, 5.41) is 9.71. The van der Waals surface area contributed by atoms with Gasteiger partial charge in [-0.1, -0.05) is 6.07 Å². The summed E-state index contributed by atoms with van der Waals surface area (Å²) in [5.74, 6) is -0.287. The third-order valence-electron chi connectivity index (χ3n) is 6.34. The van der Waals surface area contributed by atoms with E-state index in [0.29, 0.717) is 40.8 Å². The second-order valence-electron chi connectivity index (χ2n) is 8.67. The molecule has 0 atom stereocenters. The first kappa shape index (κ1) is 21.3. The van der Waals surface area contributed by atoms with Crippen LogP contribution in [0.2, 0.25) is 0 Å². The lowest BCUT2D eigenvalue weighted by atomic mass is 9.96. The van der Waals surface area contributed by atoms with E-state index >= 15 is 0 Å². The minimum atomic E-state index is -0.252. The number of hydrogen-bond acceptors (Lipinski definition) is 5. The van der Waals surface area contributed by atoms with Crippen LogP contribution < -0.4 is 10.9 Å². The first-order valence-corrected chi connectivity index (χ1v) is 12.1. The van der Waals surface area contributed by atoms with Crippen LogP contribution in [0.5, 0.6) is 0 Å². The fourth-order valence-corrected chi connectivity index (χ4v) is 5.36. The lowest BCUT2D eigenvalue weighted by Crippen LogP contribution is -2.36. The lowest BCUT2D eigenvalue weighted by Gasteiger charge is -2.29. The summed E-state index contributed by atoms with van der Waals surface area (Å²) in [5.41, 5.74) is 5.09. The van der Waals surface area contributed by atoms with Crippen LogP contribution in [0.25, 0.3) is 21.1 Å². The molecule has 9 heteroatoms. The molecular weight excluding hydrogens is 462 g/mol. The number of nitrogens with one attached hydrogen (secondary N) is 3. The molecule has 0 spiro atoms. The minimum absolute atomic E-state index is 0.0353. The van der Waals surface area contributed by atoms with Crippen molar-refractivity contribution in [2.75, 3.05) is 11.9 Å². The van der Waals surface area contributed by atoms with Gasteiger partial charge in [0.05, 0.1) is 26.1 Å². The van der Waals surface area contributed by atoms with Crippen LogP contribution in [0.4, 0.5) is 5.69 Å². The van der Waals surface area contributed by atoms with Gasteiger partial charge in [0.2, 0.25) is 0 Å². The van der Waals surface area contributed by atoms with Crippen LogP contribution in [0, 0.1) is 6.92 Å². The highest BCUT2D eigenvalue weighted by Crippen LogP contribution is 2.26. The number of thiazole rings is 1. The average Bonchev–Trinajstić information content (AvgIpc) is 3.43.